The van der Waals surface area contributed by atoms with Crippen LogP contribution in [0.5, 0.6) is 11.5 Å². The van der Waals surface area contributed by atoms with Crippen molar-refractivity contribution < 1.29 is 24.1 Å². The summed E-state index contributed by atoms with van der Waals surface area (Å²) in [4.78, 5) is 13.5. The van der Waals surface area contributed by atoms with E-state index >= 15 is 0 Å². The Hall–Kier alpha value is -2.61. The van der Waals surface area contributed by atoms with Crippen LogP contribution in [0.1, 0.15) is 30.1 Å². The Labute approximate surface area is 183 Å². The highest BCUT2D eigenvalue weighted by molar-refractivity contribution is 5.76. The number of hydrogen-bond acceptors (Lipinski definition) is 6. The Balaban J connectivity index is 1.63. The summed E-state index contributed by atoms with van der Waals surface area (Å²) in [6.45, 7) is 2.21. The molecule has 3 N–H and O–H groups in total. The van der Waals surface area contributed by atoms with E-state index in [1.54, 1.807) is 14.2 Å². The number of nitrogens with two attached hydrogens (primary N) is 1. The molecule has 3 rings (SSSR count). The normalized spacial score (nSPS) is 16.3. The molecular weight excluding hydrogens is 396 g/mol. The molecule has 2 aromatic rings. The predicted molar refractivity (Wildman–Crippen MR) is 118 cm³/mol. The number of carbonyl (C=O) groups excluding carboxylic acids is 1. The van der Waals surface area contributed by atoms with Gasteiger partial charge in [0.15, 0.2) is 0 Å². The Morgan fingerprint density at radius 2 is 1.48 bits per heavy atom. The molecule has 168 valence electrons. The SMILES string of the molecule is COc1ccc(C(OC[C@@H](O)CN2CCC(C(N)=O)CC2)c2ccc(OC)cc2)cc1. The number of benzene rings is 2. The maximum absolute atomic E-state index is 11.3. The first-order valence-electron chi connectivity index (χ1n) is 10.6. The summed E-state index contributed by atoms with van der Waals surface area (Å²) >= 11 is 0. The van der Waals surface area contributed by atoms with Gasteiger partial charge in [0, 0.05) is 12.5 Å². The van der Waals surface area contributed by atoms with Crippen molar-refractivity contribution in [1.82, 2.24) is 4.90 Å². The number of rotatable bonds is 10. The van der Waals surface area contributed by atoms with Crippen molar-refractivity contribution in [2.24, 2.45) is 11.7 Å². The largest absolute Gasteiger partial charge is 0.497 e. The second-order valence-electron chi connectivity index (χ2n) is 7.89. The molecule has 0 saturated carbocycles. The van der Waals surface area contributed by atoms with E-state index in [0.717, 1.165) is 48.6 Å². The lowest BCUT2D eigenvalue weighted by Crippen LogP contribution is -2.42. The summed E-state index contributed by atoms with van der Waals surface area (Å²) in [7, 11) is 3.27. The minimum absolute atomic E-state index is 0.0563. The molecule has 31 heavy (non-hydrogen) atoms. The molecule has 0 radical (unpaired) electrons. The van der Waals surface area contributed by atoms with Crippen molar-refractivity contribution in [2.45, 2.75) is 25.0 Å². The first-order valence-corrected chi connectivity index (χ1v) is 10.6. The fraction of sp³-hybridized carbons (Fsp3) is 0.458. The maximum Gasteiger partial charge on any atom is 0.220 e. The zero-order valence-corrected chi connectivity index (χ0v) is 18.2. The van der Waals surface area contributed by atoms with E-state index in [4.69, 9.17) is 19.9 Å². The molecule has 1 aliphatic heterocycles. The van der Waals surface area contributed by atoms with E-state index < -0.39 is 6.10 Å². The summed E-state index contributed by atoms with van der Waals surface area (Å²) in [5.74, 6) is 1.26. The van der Waals surface area contributed by atoms with Gasteiger partial charge in [-0.05, 0) is 61.3 Å². The average Bonchev–Trinajstić information content (AvgIpc) is 2.80. The van der Waals surface area contributed by atoms with E-state index in [1.165, 1.54) is 0 Å². The van der Waals surface area contributed by atoms with Gasteiger partial charge < -0.3 is 30.0 Å². The highest BCUT2D eigenvalue weighted by atomic mass is 16.5. The number of hydrogen-bond donors (Lipinski definition) is 2. The number of aliphatic hydroxyl groups is 1. The molecule has 0 unspecified atom stereocenters. The Morgan fingerprint density at radius 3 is 1.90 bits per heavy atom. The first-order chi connectivity index (χ1) is 15.0. The number of amides is 1. The quantitative estimate of drug-likeness (QED) is 0.603. The number of β-amino-alcohol motifs (C(OH)–C–C–N with tert-alkyl or cyclic N) is 1. The minimum Gasteiger partial charge on any atom is -0.497 e. The summed E-state index contributed by atoms with van der Waals surface area (Å²) in [5, 5.41) is 10.6. The van der Waals surface area contributed by atoms with Crippen molar-refractivity contribution in [3.8, 4) is 11.5 Å². The van der Waals surface area contributed by atoms with Crippen molar-refractivity contribution in [1.29, 1.82) is 0 Å². The zero-order valence-electron chi connectivity index (χ0n) is 18.2. The van der Waals surface area contributed by atoms with Crippen LogP contribution >= 0.6 is 0 Å². The average molecular weight is 429 g/mol. The Kier molecular flexibility index (Phi) is 8.28. The van der Waals surface area contributed by atoms with Gasteiger partial charge in [0.05, 0.1) is 26.9 Å². The molecule has 0 spiro atoms. The van der Waals surface area contributed by atoms with Gasteiger partial charge >= 0.3 is 0 Å². The monoisotopic (exact) mass is 428 g/mol. The summed E-state index contributed by atoms with van der Waals surface area (Å²) in [6, 6.07) is 15.5. The van der Waals surface area contributed by atoms with E-state index in [-0.39, 0.29) is 24.5 Å². The van der Waals surface area contributed by atoms with Crippen LogP contribution in [0.15, 0.2) is 48.5 Å². The van der Waals surface area contributed by atoms with Crippen molar-refractivity contribution in [2.75, 3.05) is 40.5 Å². The number of ether oxygens (including phenoxy) is 3. The zero-order chi connectivity index (χ0) is 22.2. The number of methoxy groups -OCH3 is 2. The highest BCUT2D eigenvalue weighted by Crippen LogP contribution is 2.29. The van der Waals surface area contributed by atoms with Crippen LogP contribution in [0.25, 0.3) is 0 Å². The second kappa shape index (κ2) is 11.1. The third kappa shape index (κ3) is 6.43. The third-order valence-electron chi connectivity index (χ3n) is 5.75. The van der Waals surface area contributed by atoms with Crippen LogP contribution < -0.4 is 15.2 Å². The van der Waals surface area contributed by atoms with E-state index in [1.807, 2.05) is 48.5 Å². The molecule has 1 amide bonds. The van der Waals surface area contributed by atoms with Crippen LogP contribution in [-0.2, 0) is 9.53 Å². The fourth-order valence-electron chi connectivity index (χ4n) is 3.90. The first kappa shape index (κ1) is 23.1. The molecule has 7 nitrogen and oxygen atoms in total. The standard InChI is InChI=1S/C24H32N2O5/c1-29-21-7-3-17(4-8-21)23(18-5-9-22(30-2)10-6-18)31-16-20(27)15-26-13-11-19(12-14-26)24(25)28/h3-10,19-20,23,27H,11-16H2,1-2H3,(H2,25,28)/t20-/m0/s1. The predicted octanol–water partition coefficient (Wildman–Crippen LogP) is 2.37. The molecular formula is C24H32N2O5. The molecule has 1 saturated heterocycles. The molecule has 2 aromatic carbocycles. The van der Waals surface area contributed by atoms with Crippen LogP contribution in [0.4, 0.5) is 0 Å². The van der Waals surface area contributed by atoms with Crippen molar-refractivity contribution >= 4 is 5.91 Å². The molecule has 0 aromatic heterocycles. The number of primary amides is 1. The number of aliphatic hydroxyl groups excluding tert-OH is 1. The van der Waals surface area contributed by atoms with Crippen LogP contribution in [0, 0.1) is 5.92 Å². The Bertz CT molecular complexity index is 769. The minimum atomic E-state index is -0.635. The van der Waals surface area contributed by atoms with E-state index in [2.05, 4.69) is 4.90 Å². The summed E-state index contributed by atoms with van der Waals surface area (Å²) in [5.41, 5.74) is 7.34. The van der Waals surface area contributed by atoms with Gasteiger partial charge in [0.1, 0.15) is 17.6 Å². The Morgan fingerprint density at radius 1 is 1.00 bits per heavy atom. The topological polar surface area (TPSA) is 94.3 Å². The number of carbonyl (C=O) groups is 1. The summed E-state index contributed by atoms with van der Waals surface area (Å²) in [6.07, 6.45) is 0.517. The maximum atomic E-state index is 11.3. The van der Waals surface area contributed by atoms with Gasteiger partial charge in [-0.1, -0.05) is 24.3 Å². The van der Waals surface area contributed by atoms with Crippen molar-refractivity contribution in [3.63, 3.8) is 0 Å². The molecule has 1 atom stereocenters. The highest BCUT2D eigenvalue weighted by Gasteiger charge is 2.25. The molecule has 0 bridgehead atoms. The number of nitrogens with zero attached hydrogens (tertiary/aromatic N) is 1. The molecule has 1 fully saturated rings. The van der Waals surface area contributed by atoms with Gasteiger partial charge in [-0.15, -0.1) is 0 Å². The summed E-state index contributed by atoms with van der Waals surface area (Å²) < 4.78 is 16.7. The van der Waals surface area contributed by atoms with Crippen LogP contribution in [0.3, 0.4) is 0 Å². The molecule has 1 aliphatic rings. The van der Waals surface area contributed by atoms with Crippen LogP contribution in [0.2, 0.25) is 0 Å². The second-order valence-corrected chi connectivity index (χ2v) is 7.89. The number of likely N-dealkylation sites (tertiary alicyclic amines) is 1. The van der Waals surface area contributed by atoms with Crippen molar-refractivity contribution in [3.05, 3.63) is 59.7 Å². The lowest BCUT2D eigenvalue weighted by Gasteiger charge is -2.32. The van der Waals surface area contributed by atoms with Crippen LogP contribution in [-0.4, -0.2) is 62.5 Å². The van der Waals surface area contributed by atoms with Gasteiger partial charge in [-0.2, -0.15) is 0 Å². The third-order valence-corrected chi connectivity index (χ3v) is 5.75. The smallest absolute Gasteiger partial charge is 0.220 e. The number of piperidine rings is 1. The lowest BCUT2D eigenvalue weighted by molar-refractivity contribution is -0.123. The lowest BCUT2D eigenvalue weighted by atomic mass is 9.96. The van der Waals surface area contributed by atoms with Gasteiger partial charge in [-0.25, -0.2) is 0 Å². The fourth-order valence-corrected chi connectivity index (χ4v) is 3.90. The molecule has 1 heterocycles. The van der Waals surface area contributed by atoms with E-state index in [9.17, 15) is 9.90 Å². The van der Waals surface area contributed by atoms with E-state index in [0.29, 0.717) is 6.54 Å². The molecule has 0 aliphatic carbocycles. The van der Waals surface area contributed by atoms with Gasteiger partial charge in [0.2, 0.25) is 5.91 Å². The molecule has 7 heteroatoms. The van der Waals surface area contributed by atoms with Gasteiger partial charge in [0.25, 0.3) is 0 Å². The van der Waals surface area contributed by atoms with Gasteiger partial charge in [-0.3, -0.25) is 4.79 Å².